The van der Waals surface area contributed by atoms with Crippen molar-refractivity contribution >= 4 is 5.78 Å². The van der Waals surface area contributed by atoms with E-state index >= 15 is 0 Å². The molecule has 1 aromatic rings. The molecule has 1 unspecified atom stereocenters. The summed E-state index contributed by atoms with van der Waals surface area (Å²) in [5.41, 5.74) is 1.13. The van der Waals surface area contributed by atoms with Gasteiger partial charge in [-0.1, -0.05) is 13.0 Å². The van der Waals surface area contributed by atoms with E-state index in [-0.39, 0.29) is 11.7 Å². The maximum Gasteiger partial charge on any atom is 0.132 e. The van der Waals surface area contributed by atoms with Gasteiger partial charge >= 0.3 is 0 Å². The molecule has 0 saturated carbocycles. The number of carbonyl (C=O) groups excluding carboxylic acids is 1. The molecular formula is C10H13NO. The maximum absolute atomic E-state index is 10.9. The molecule has 0 fully saturated rings. The van der Waals surface area contributed by atoms with Gasteiger partial charge in [0.15, 0.2) is 0 Å². The second kappa shape index (κ2) is 4.00. The number of pyridine rings is 1. The van der Waals surface area contributed by atoms with Crippen molar-refractivity contribution in [2.75, 3.05) is 0 Å². The molecule has 0 radical (unpaired) electrons. The predicted molar refractivity (Wildman–Crippen MR) is 47.8 cm³/mol. The van der Waals surface area contributed by atoms with Gasteiger partial charge in [-0.2, -0.15) is 0 Å². The monoisotopic (exact) mass is 163 g/mol. The summed E-state index contributed by atoms with van der Waals surface area (Å²) in [5.74, 6) is 0.341. The number of Topliss-reactive ketones (excluding diaryl/α,β-unsaturated/α-hetero) is 1. The molecule has 1 aromatic heterocycles. The number of carbonyl (C=O) groups is 1. The third kappa shape index (κ3) is 2.46. The quantitative estimate of drug-likeness (QED) is 0.680. The van der Waals surface area contributed by atoms with Crippen molar-refractivity contribution in [2.24, 2.45) is 5.92 Å². The molecule has 0 aliphatic heterocycles. The molecule has 1 rings (SSSR count). The highest BCUT2D eigenvalue weighted by Crippen LogP contribution is 2.07. The van der Waals surface area contributed by atoms with Crippen LogP contribution in [0.25, 0.3) is 0 Å². The normalized spacial score (nSPS) is 12.5. The van der Waals surface area contributed by atoms with Crippen molar-refractivity contribution in [3.63, 3.8) is 0 Å². The summed E-state index contributed by atoms with van der Waals surface area (Å²) in [6, 6.07) is 3.88. The second-order valence-electron chi connectivity index (χ2n) is 3.08. The summed E-state index contributed by atoms with van der Waals surface area (Å²) < 4.78 is 0. The van der Waals surface area contributed by atoms with E-state index in [1.54, 1.807) is 19.3 Å². The molecule has 0 spiro atoms. The largest absolute Gasteiger partial charge is 0.300 e. The van der Waals surface area contributed by atoms with Crippen LogP contribution >= 0.6 is 0 Å². The Labute approximate surface area is 72.6 Å². The highest BCUT2D eigenvalue weighted by molar-refractivity contribution is 5.78. The van der Waals surface area contributed by atoms with E-state index in [2.05, 4.69) is 4.98 Å². The lowest BCUT2D eigenvalue weighted by Gasteiger charge is -2.05. The number of aromatic nitrogens is 1. The Bertz CT molecular complexity index is 256. The SMILES string of the molecule is CC(=O)C(C)Cc1cccnc1. The van der Waals surface area contributed by atoms with Gasteiger partial charge in [0, 0.05) is 18.3 Å². The first kappa shape index (κ1) is 8.91. The third-order valence-corrected chi connectivity index (χ3v) is 1.96. The van der Waals surface area contributed by atoms with Gasteiger partial charge in [-0.25, -0.2) is 0 Å². The Morgan fingerprint density at radius 3 is 2.92 bits per heavy atom. The van der Waals surface area contributed by atoms with Crippen LogP contribution in [0.15, 0.2) is 24.5 Å². The zero-order valence-electron chi connectivity index (χ0n) is 7.45. The standard InChI is InChI=1S/C10H13NO/c1-8(9(2)12)6-10-4-3-5-11-7-10/h3-5,7-8H,6H2,1-2H3. The van der Waals surface area contributed by atoms with E-state index in [1.807, 2.05) is 19.1 Å². The predicted octanol–water partition coefficient (Wildman–Crippen LogP) is 1.85. The molecule has 0 amide bonds. The van der Waals surface area contributed by atoms with Crippen LogP contribution < -0.4 is 0 Å². The Hall–Kier alpha value is -1.18. The zero-order valence-corrected chi connectivity index (χ0v) is 7.45. The molecule has 0 aliphatic rings. The molecule has 2 nitrogen and oxygen atoms in total. The second-order valence-corrected chi connectivity index (χ2v) is 3.08. The van der Waals surface area contributed by atoms with Crippen molar-refractivity contribution in [2.45, 2.75) is 20.3 Å². The van der Waals surface area contributed by atoms with Crippen LogP contribution in [0, 0.1) is 5.92 Å². The van der Waals surface area contributed by atoms with Crippen LogP contribution in [-0.2, 0) is 11.2 Å². The summed E-state index contributed by atoms with van der Waals surface area (Å²) in [6.45, 7) is 3.57. The highest BCUT2D eigenvalue weighted by atomic mass is 16.1. The number of nitrogens with zero attached hydrogens (tertiary/aromatic N) is 1. The molecule has 0 saturated heterocycles. The van der Waals surface area contributed by atoms with Gasteiger partial charge < -0.3 is 0 Å². The number of ketones is 1. The average molecular weight is 163 g/mol. The zero-order chi connectivity index (χ0) is 8.97. The maximum atomic E-state index is 10.9. The van der Waals surface area contributed by atoms with Crippen LogP contribution in [0.5, 0.6) is 0 Å². The van der Waals surface area contributed by atoms with Gasteiger partial charge in [-0.3, -0.25) is 9.78 Å². The lowest BCUT2D eigenvalue weighted by Crippen LogP contribution is -2.09. The first-order chi connectivity index (χ1) is 5.70. The highest BCUT2D eigenvalue weighted by Gasteiger charge is 2.07. The van der Waals surface area contributed by atoms with Crippen LogP contribution in [0.4, 0.5) is 0 Å². The van der Waals surface area contributed by atoms with Gasteiger partial charge in [0.05, 0.1) is 0 Å². The summed E-state index contributed by atoms with van der Waals surface area (Å²) in [4.78, 5) is 14.9. The topological polar surface area (TPSA) is 30.0 Å². The van der Waals surface area contributed by atoms with Gasteiger partial charge in [-0.05, 0) is 25.0 Å². The summed E-state index contributed by atoms with van der Waals surface area (Å²) in [6.07, 6.45) is 4.34. The van der Waals surface area contributed by atoms with Crippen LogP contribution in [-0.4, -0.2) is 10.8 Å². The Morgan fingerprint density at radius 2 is 2.42 bits per heavy atom. The van der Waals surface area contributed by atoms with E-state index in [9.17, 15) is 4.79 Å². The van der Waals surface area contributed by atoms with E-state index in [4.69, 9.17) is 0 Å². The molecular weight excluding hydrogens is 150 g/mol. The first-order valence-corrected chi connectivity index (χ1v) is 4.09. The number of rotatable bonds is 3. The average Bonchev–Trinajstić information content (AvgIpc) is 2.06. The van der Waals surface area contributed by atoms with Crippen molar-refractivity contribution in [3.05, 3.63) is 30.1 Å². The molecule has 0 aliphatic carbocycles. The van der Waals surface area contributed by atoms with Crippen molar-refractivity contribution in [1.82, 2.24) is 4.98 Å². The molecule has 64 valence electrons. The lowest BCUT2D eigenvalue weighted by atomic mass is 9.99. The minimum absolute atomic E-state index is 0.106. The fourth-order valence-electron chi connectivity index (χ4n) is 1.02. The molecule has 2 heteroatoms. The van der Waals surface area contributed by atoms with Crippen molar-refractivity contribution in [1.29, 1.82) is 0 Å². The minimum atomic E-state index is 0.106. The lowest BCUT2D eigenvalue weighted by molar-refractivity contribution is -0.120. The molecule has 1 atom stereocenters. The van der Waals surface area contributed by atoms with Crippen molar-refractivity contribution < 1.29 is 4.79 Å². The van der Waals surface area contributed by atoms with Crippen LogP contribution in [0.1, 0.15) is 19.4 Å². The van der Waals surface area contributed by atoms with Gasteiger partial charge in [0.2, 0.25) is 0 Å². The van der Waals surface area contributed by atoms with Gasteiger partial charge in [0.1, 0.15) is 5.78 Å². The van der Waals surface area contributed by atoms with Crippen LogP contribution in [0.2, 0.25) is 0 Å². The number of hydrogen-bond donors (Lipinski definition) is 0. The van der Waals surface area contributed by atoms with Gasteiger partial charge in [-0.15, -0.1) is 0 Å². The Balaban J connectivity index is 2.58. The molecule has 0 bridgehead atoms. The van der Waals surface area contributed by atoms with Crippen LogP contribution in [0.3, 0.4) is 0 Å². The number of hydrogen-bond acceptors (Lipinski definition) is 2. The minimum Gasteiger partial charge on any atom is -0.300 e. The molecule has 1 heterocycles. The third-order valence-electron chi connectivity index (χ3n) is 1.96. The molecule has 0 N–H and O–H groups in total. The van der Waals surface area contributed by atoms with E-state index < -0.39 is 0 Å². The van der Waals surface area contributed by atoms with Gasteiger partial charge in [0.25, 0.3) is 0 Å². The van der Waals surface area contributed by atoms with E-state index in [0.717, 1.165) is 12.0 Å². The molecule has 12 heavy (non-hydrogen) atoms. The van der Waals surface area contributed by atoms with Crippen molar-refractivity contribution in [3.8, 4) is 0 Å². The van der Waals surface area contributed by atoms with E-state index in [0.29, 0.717) is 0 Å². The first-order valence-electron chi connectivity index (χ1n) is 4.09. The molecule has 0 aromatic carbocycles. The smallest absolute Gasteiger partial charge is 0.132 e. The summed E-state index contributed by atoms with van der Waals surface area (Å²) in [5, 5.41) is 0. The fraction of sp³-hybridized carbons (Fsp3) is 0.400. The summed E-state index contributed by atoms with van der Waals surface area (Å²) >= 11 is 0. The Kier molecular flexibility index (Phi) is 2.97. The summed E-state index contributed by atoms with van der Waals surface area (Å²) in [7, 11) is 0. The fourth-order valence-corrected chi connectivity index (χ4v) is 1.02. The Morgan fingerprint density at radius 1 is 1.67 bits per heavy atom. The van der Waals surface area contributed by atoms with E-state index in [1.165, 1.54) is 0 Å².